The van der Waals surface area contributed by atoms with E-state index < -0.39 is 44.6 Å². The van der Waals surface area contributed by atoms with Gasteiger partial charge < -0.3 is 40.0 Å². The number of aromatic nitrogens is 2. The Bertz CT molecular complexity index is 1680. The molecule has 1 atom stereocenters. The highest BCUT2D eigenvalue weighted by atomic mass is 35.5. The number of aliphatic hydroxyl groups is 1. The topological polar surface area (TPSA) is 193 Å². The van der Waals surface area contributed by atoms with Crippen molar-refractivity contribution >= 4 is 56.2 Å². The molecule has 0 aliphatic heterocycles. The molecule has 1 unspecified atom stereocenters. The molecule has 19 heteroatoms. The quantitative estimate of drug-likeness (QED) is 0.138. The Morgan fingerprint density at radius 1 is 1.14 bits per heavy atom. The van der Waals surface area contributed by atoms with E-state index in [2.05, 4.69) is 20.0 Å². The second kappa shape index (κ2) is 17.5. The predicted molar refractivity (Wildman–Crippen MR) is 182 cm³/mol. The number of sulfonamides is 1. The van der Waals surface area contributed by atoms with Crippen molar-refractivity contribution < 1.29 is 46.8 Å². The number of carbonyl (C=O) groups excluding carboxylic acids is 1. The molecule has 0 saturated heterocycles. The van der Waals surface area contributed by atoms with E-state index in [1.165, 1.54) is 20.5 Å². The minimum absolute atomic E-state index is 0.00202. The van der Waals surface area contributed by atoms with Crippen molar-refractivity contribution in [2.24, 2.45) is 0 Å². The van der Waals surface area contributed by atoms with Crippen LogP contribution in [0.1, 0.15) is 39.2 Å². The summed E-state index contributed by atoms with van der Waals surface area (Å²) in [5, 5.41) is 25.0. The number of methoxy groups -OCH3 is 2. The average molecular weight is 747 g/mol. The van der Waals surface area contributed by atoms with E-state index in [1.807, 2.05) is 0 Å². The normalized spacial score (nSPS) is 12.2. The van der Waals surface area contributed by atoms with Gasteiger partial charge in [-0.2, -0.15) is 4.37 Å². The summed E-state index contributed by atoms with van der Waals surface area (Å²) in [6.07, 6.45) is -1.18. The lowest BCUT2D eigenvalue weighted by atomic mass is 10.2. The Labute approximate surface area is 293 Å². The molecule has 0 fully saturated rings. The molecule has 3 rings (SSSR count). The highest BCUT2D eigenvalue weighted by Crippen LogP contribution is 2.35. The summed E-state index contributed by atoms with van der Waals surface area (Å²) in [4.78, 5) is 27.8. The number of amides is 2. The van der Waals surface area contributed by atoms with Crippen molar-refractivity contribution in [1.29, 1.82) is 0 Å². The highest BCUT2D eigenvalue weighted by Gasteiger charge is 2.32. The first-order chi connectivity index (χ1) is 23.0. The van der Waals surface area contributed by atoms with Crippen molar-refractivity contribution in [2.45, 2.75) is 56.8 Å². The van der Waals surface area contributed by atoms with Gasteiger partial charge in [0, 0.05) is 42.8 Å². The number of ether oxygens (including phenoxy) is 3. The van der Waals surface area contributed by atoms with E-state index in [-0.39, 0.29) is 48.6 Å². The summed E-state index contributed by atoms with van der Waals surface area (Å²) in [6.45, 7) is 4.68. The molecule has 4 N–H and O–H groups in total. The third-order valence-corrected chi connectivity index (χ3v) is 9.58. The second-order valence-corrected chi connectivity index (χ2v) is 14.6. The minimum Gasteiger partial charge on any atom is -0.497 e. The van der Waals surface area contributed by atoms with E-state index in [4.69, 9.17) is 25.8 Å². The number of carboxylic acid groups (broad SMARTS) is 1. The summed E-state index contributed by atoms with van der Waals surface area (Å²) in [7, 11) is -1.64. The molecule has 1 aromatic heterocycles. The van der Waals surface area contributed by atoms with Gasteiger partial charge in [-0.1, -0.05) is 11.6 Å². The Hall–Kier alpha value is -4.13. The van der Waals surface area contributed by atoms with Crippen LogP contribution in [0, 0.1) is 5.82 Å². The van der Waals surface area contributed by atoms with Gasteiger partial charge in [-0.15, -0.1) is 0 Å². The fraction of sp³-hybridized carbons (Fsp3) is 0.467. The number of nitrogens with one attached hydrogen (secondary N) is 2. The van der Waals surface area contributed by atoms with E-state index in [9.17, 15) is 28.2 Å². The predicted octanol–water partition coefficient (Wildman–Crippen LogP) is 4.80. The summed E-state index contributed by atoms with van der Waals surface area (Å²) >= 11 is 7.21. The summed E-state index contributed by atoms with van der Waals surface area (Å²) in [5.74, 6) is -0.219. The van der Waals surface area contributed by atoms with E-state index >= 15 is 4.39 Å². The van der Waals surface area contributed by atoms with Gasteiger partial charge in [-0.3, -0.25) is 0 Å². The van der Waals surface area contributed by atoms with Crippen molar-refractivity contribution in [3.05, 3.63) is 53.1 Å². The molecule has 49 heavy (non-hydrogen) atoms. The largest absolute Gasteiger partial charge is 0.497 e. The molecule has 0 spiro atoms. The number of carbonyl (C=O) groups is 2. The molecule has 3 aromatic rings. The first-order valence-electron chi connectivity index (χ1n) is 14.9. The van der Waals surface area contributed by atoms with Crippen molar-refractivity contribution in [3.8, 4) is 11.5 Å². The standard InChI is InChI=1S/C30H40ClFN6O9S2/c1-30(2,3)47-28(40)34-15-20(39)17-37(29(41)42)11-7-6-10-33-24-14-23(32)26(13-22(24)31)49(43,44)38(27-35-18-36-48-27)16-19-8-9-21(45-4)12-25(19)46-5/h8-9,12-14,18,20,33,39H,6-7,10-11,15-17H2,1-5H3,(H,34,40)(H,41,42). The van der Waals surface area contributed by atoms with E-state index in [1.54, 1.807) is 39.0 Å². The highest BCUT2D eigenvalue weighted by molar-refractivity contribution is 7.93. The molecule has 15 nitrogen and oxygen atoms in total. The first-order valence-corrected chi connectivity index (χ1v) is 17.5. The number of rotatable bonds is 17. The number of alkyl carbamates (subject to hydrolysis) is 1. The molecule has 0 aliphatic carbocycles. The van der Waals surface area contributed by atoms with Crippen LogP contribution in [0.2, 0.25) is 5.02 Å². The Morgan fingerprint density at radius 2 is 1.88 bits per heavy atom. The molecule has 2 aromatic carbocycles. The lowest BCUT2D eigenvalue weighted by Crippen LogP contribution is -2.43. The number of halogens is 2. The van der Waals surface area contributed by atoms with Crippen LogP contribution in [0.5, 0.6) is 11.5 Å². The van der Waals surface area contributed by atoms with Gasteiger partial charge in [0.15, 0.2) is 0 Å². The number of aliphatic hydroxyl groups excluding tert-OH is 1. The molecule has 270 valence electrons. The molecular formula is C30H40ClFN6O9S2. The Balaban J connectivity index is 1.63. The van der Waals surface area contributed by atoms with Crippen LogP contribution >= 0.6 is 23.1 Å². The van der Waals surface area contributed by atoms with Gasteiger partial charge >= 0.3 is 12.2 Å². The summed E-state index contributed by atoms with van der Waals surface area (Å²) in [6, 6.07) is 6.83. The Morgan fingerprint density at radius 3 is 2.49 bits per heavy atom. The number of hydrogen-bond acceptors (Lipinski definition) is 12. The van der Waals surface area contributed by atoms with Gasteiger partial charge in [0.1, 0.15) is 34.1 Å². The van der Waals surface area contributed by atoms with Crippen molar-refractivity contribution in [1.82, 2.24) is 19.6 Å². The van der Waals surface area contributed by atoms with Crippen LogP contribution in [-0.2, 0) is 21.3 Å². The van der Waals surface area contributed by atoms with Crippen molar-refractivity contribution in [2.75, 3.05) is 50.0 Å². The number of unbranched alkanes of at least 4 members (excludes halogenated alkanes) is 1. The fourth-order valence-electron chi connectivity index (χ4n) is 4.40. The molecule has 0 radical (unpaired) electrons. The number of hydrogen-bond donors (Lipinski definition) is 4. The first kappa shape index (κ1) is 39.3. The average Bonchev–Trinajstić information content (AvgIpc) is 3.56. The zero-order valence-corrected chi connectivity index (χ0v) is 30.0. The van der Waals surface area contributed by atoms with Gasteiger partial charge in [0.25, 0.3) is 10.0 Å². The second-order valence-electron chi connectivity index (χ2n) is 11.6. The molecule has 0 bridgehead atoms. The molecule has 0 aliphatic rings. The van der Waals surface area contributed by atoms with Crippen LogP contribution < -0.4 is 24.4 Å². The maximum absolute atomic E-state index is 15.5. The maximum atomic E-state index is 15.5. The zero-order chi connectivity index (χ0) is 36.4. The third-order valence-electron chi connectivity index (χ3n) is 6.71. The van der Waals surface area contributed by atoms with Crippen molar-refractivity contribution in [3.63, 3.8) is 0 Å². The lowest BCUT2D eigenvalue weighted by Gasteiger charge is -2.24. The lowest BCUT2D eigenvalue weighted by molar-refractivity contribution is 0.0470. The van der Waals surface area contributed by atoms with Gasteiger partial charge in [0.05, 0.1) is 44.1 Å². The van der Waals surface area contributed by atoms with Gasteiger partial charge in [-0.05, 0) is 57.9 Å². The minimum atomic E-state index is -4.55. The molecule has 2 amide bonds. The van der Waals surface area contributed by atoms with E-state index in [0.717, 1.165) is 32.9 Å². The SMILES string of the molecule is COc1ccc(CN(c2ncns2)S(=O)(=O)c2cc(Cl)c(NCCCCN(CC(O)CNC(=O)OC(C)(C)C)C(=O)O)cc2F)c(OC)c1. The maximum Gasteiger partial charge on any atom is 0.407 e. The van der Waals surface area contributed by atoms with Gasteiger partial charge in [-0.25, -0.2) is 31.7 Å². The number of anilines is 2. The monoisotopic (exact) mass is 746 g/mol. The van der Waals surface area contributed by atoms with Crippen LogP contribution in [0.3, 0.4) is 0 Å². The van der Waals surface area contributed by atoms with Gasteiger partial charge in [0.2, 0.25) is 5.13 Å². The smallest absolute Gasteiger partial charge is 0.407 e. The van der Waals surface area contributed by atoms with E-state index in [0.29, 0.717) is 29.9 Å². The van der Waals surface area contributed by atoms with Crippen LogP contribution in [0.15, 0.2) is 41.6 Å². The molecule has 0 saturated carbocycles. The van der Waals surface area contributed by atoms with Crippen LogP contribution in [-0.4, -0.2) is 97.2 Å². The van der Waals surface area contributed by atoms with Crippen LogP contribution in [0.25, 0.3) is 0 Å². The molecule has 1 heterocycles. The summed E-state index contributed by atoms with van der Waals surface area (Å²) < 4.78 is 63.7. The number of benzene rings is 2. The van der Waals surface area contributed by atoms with Crippen LogP contribution in [0.4, 0.5) is 24.8 Å². The Kier molecular flexibility index (Phi) is 14.0. The molecular weight excluding hydrogens is 707 g/mol. The third kappa shape index (κ3) is 11.5. The summed E-state index contributed by atoms with van der Waals surface area (Å²) in [5.41, 5.74) is -0.128. The number of nitrogens with zero attached hydrogens (tertiary/aromatic N) is 4. The fourth-order valence-corrected chi connectivity index (χ4v) is 6.90. The zero-order valence-electron chi connectivity index (χ0n) is 27.6.